The average Bonchev–Trinajstić information content (AvgIpc) is 2.50. The normalized spacial score (nSPS) is 25.3. The lowest BCUT2D eigenvalue weighted by Gasteiger charge is -2.35. The van der Waals surface area contributed by atoms with E-state index in [2.05, 4.69) is 32.0 Å². The van der Waals surface area contributed by atoms with E-state index in [-0.39, 0.29) is 5.41 Å². The summed E-state index contributed by atoms with van der Waals surface area (Å²) in [7, 11) is 1.71. The second kappa shape index (κ2) is 6.98. The predicted molar refractivity (Wildman–Crippen MR) is 86.3 cm³/mol. The Balaban J connectivity index is 2.13. The molecular formula is C19H27NO. The van der Waals surface area contributed by atoms with Crippen molar-refractivity contribution < 1.29 is 4.74 Å². The largest absolute Gasteiger partial charge is 0.496 e. The van der Waals surface area contributed by atoms with Crippen LogP contribution in [-0.4, -0.2) is 7.11 Å². The summed E-state index contributed by atoms with van der Waals surface area (Å²) in [4.78, 5) is 0. The highest BCUT2D eigenvalue weighted by atomic mass is 16.5. The van der Waals surface area contributed by atoms with E-state index in [9.17, 15) is 5.26 Å². The van der Waals surface area contributed by atoms with Crippen molar-refractivity contribution in [3.63, 3.8) is 0 Å². The second-order valence-electron chi connectivity index (χ2n) is 6.62. The molecule has 0 N–H and O–H groups in total. The molecule has 2 nitrogen and oxygen atoms in total. The standard InChI is InChI=1S/C19H27NO/c1-4-5-16-8-10-19(14-20,11-9-16)13-17-12-15(2)6-7-18(17)21-3/h6-7,12,16H,4-5,8-11,13H2,1-3H3. The molecule has 114 valence electrons. The zero-order chi connectivity index (χ0) is 15.3. The molecule has 0 amide bonds. The van der Waals surface area contributed by atoms with Crippen LogP contribution in [0.3, 0.4) is 0 Å². The number of hydrogen-bond donors (Lipinski definition) is 0. The molecule has 1 saturated carbocycles. The maximum Gasteiger partial charge on any atom is 0.122 e. The molecule has 2 heteroatoms. The molecule has 0 saturated heterocycles. The first kappa shape index (κ1) is 15.9. The maximum atomic E-state index is 9.76. The lowest BCUT2D eigenvalue weighted by molar-refractivity contribution is 0.199. The van der Waals surface area contributed by atoms with Gasteiger partial charge in [-0.3, -0.25) is 0 Å². The molecule has 0 heterocycles. The number of aryl methyl sites for hydroxylation is 1. The van der Waals surface area contributed by atoms with Crippen LogP contribution in [0.5, 0.6) is 5.75 Å². The first-order valence-corrected chi connectivity index (χ1v) is 8.17. The first-order chi connectivity index (χ1) is 10.1. The minimum absolute atomic E-state index is 0.189. The monoisotopic (exact) mass is 285 g/mol. The van der Waals surface area contributed by atoms with Gasteiger partial charge in [-0.05, 0) is 56.6 Å². The summed E-state index contributed by atoms with van der Waals surface area (Å²) in [5.74, 6) is 1.75. The van der Waals surface area contributed by atoms with Crippen molar-refractivity contribution in [2.24, 2.45) is 11.3 Å². The number of nitriles is 1. The van der Waals surface area contributed by atoms with Crippen LogP contribution in [0.2, 0.25) is 0 Å². The molecule has 1 aromatic carbocycles. The van der Waals surface area contributed by atoms with Gasteiger partial charge in [-0.15, -0.1) is 0 Å². The van der Waals surface area contributed by atoms with E-state index >= 15 is 0 Å². The van der Waals surface area contributed by atoms with E-state index < -0.39 is 0 Å². The Bertz CT molecular complexity index is 507. The number of hydrogen-bond acceptors (Lipinski definition) is 2. The number of benzene rings is 1. The van der Waals surface area contributed by atoms with Gasteiger partial charge in [0.2, 0.25) is 0 Å². The summed E-state index contributed by atoms with van der Waals surface area (Å²) in [5.41, 5.74) is 2.23. The highest BCUT2D eigenvalue weighted by molar-refractivity contribution is 5.38. The van der Waals surface area contributed by atoms with E-state index in [1.807, 2.05) is 6.07 Å². The molecule has 1 fully saturated rings. The molecule has 0 unspecified atom stereocenters. The number of ether oxygens (including phenoxy) is 1. The highest BCUT2D eigenvalue weighted by Gasteiger charge is 2.36. The lowest BCUT2D eigenvalue weighted by atomic mass is 9.67. The Hall–Kier alpha value is -1.49. The van der Waals surface area contributed by atoms with Crippen molar-refractivity contribution in [2.75, 3.05) is 7.11 Å². The van der Waals surface area contributed by atoms with Crippen LogP contribution in [-0.2, 0) is 6.42 Å². The zero-order valence-electron chi connectivity index (χ0n) is 13.6. The Morgan fingerprint density at radius 1 is 1.33 bits per heavy atom. The van der Waals surface area contributed by atoms with Gasteiger partial charge in [0.1, 0.15) is 5.75 Å². The Morgan fingerprint density at radius 3 is 2.62 bits per heavy atom. The predicted octanol–water partition coefficient (Wildman–Crippen LogP) is 5.05. The molecule has 0 aliphatic heterocycles. The molecule has 0 aromatic heterocycles. The van der Waals surface area contributed by atoms with E-state index in [0.717, 1.165) is 30.9 Å². The fraction of sp³-hybridized carbons (Fsp3) is 0.632. The molecule has 0 spiro atoms. The topological polar surface area (TPSA) is 33.0 Å². The zero-order valence-corrected chi connectivity index (χ0v) is 13.6. The molecule has 21 heavy (non-hydrogen) atoms. The Kier molecular flexibility index (Phi) is 5.28. The average molecular weight is 285 g/mol. The van der Waals surface area contributed by atoms with Gasteiger partial charge in [0.05, 0.1) is 18.6 Å². The fourth-order valence-corrected chi connectivity index (χ4v) is 3.67. The number of methoxy groups -OCH3 is 1. The van der Waals surface area contributed by atoms with Crippen molar-refractivity contribution in [2.45, 2.75) is 58.8 Å². The Morgan fingerprint density at radius 2 is 2.05 bits per heavy atom. The lowest BCUT2D eigenvalue weighted by Crippen LogP contribution is -2.28. The van der Waals surface area contributed by atoms with Crippen molar-refractivity contribution in [3.05, 3.63) is 29.3 Å². The number of nitrogens with zero attached hydrogens (tertiary/aromatic N) is 1. The third kappa shape index (κ3) is 3.79. The minimum atomic E-state index is -0.189. The highest BCUT2D eigenvalue weighted by Crippen LogP contribution is 2.43. The SMILES string of the molecule is CCCC1CCC(C#N)(Cc2cc(C)ccc2OC)CC1. The molecule has 0 atom stereocenters. The van der Waals surface area contributed by atoms with Gasteiger partial charge in [0.15, 0.2) is 0 Å². The summed E-state index contributed by atoms with van der Waals surface area (Å²) < 4.78 is 5.48. The second-order valence-corrected chi connectivity index (χ2v) is 6.62. The summed E-state index contributed by atoms with van der Waals surface area (Å²) in [6, 6.07) is 8.92. The van der Waals surface area contributed by atoms with Gasteiger partial charge in [0.25, 0.3) is 0 Å². The molecule has 0 radical (unpaired) electrons. The van der Waals surface area contributed by atoms with E-state index in [1.165, 1.54) is 36.8 Å². The third-order valence-electron chi connectivity index (χ3n) is 4.96. The smallest absolute Gasteiger partial charge is 0.122 e. The summed E-state index contributed by atoms with van der Waals surface area (Å²) in [6.45, 7) is 4.35. The van der Waals surface area contributed by atoms with Crippen LogP contribution in [0, 0.1) is 29.6 Å². The van der Waals surface area contributed by atoms with Crippen molar-refractivity contribution in [1.82, 2.24) is 0 Å². The van der Waals surface area contributed by atoms with Crippen LogP contribution in [0.1, 0.15) is 56.6 Å². The van der Waals surface area contributed by atoms with Crippen molar-refractivity contribution in [3.8, 4) is 11.8 Å². The van der Waals surface area contributed by atoms with Crippen molar-refractivity contribution in [1.29, 1.82) is 5.26 Å². The van der Waals surface area contributed by atoms with Crippen LogP contribution in [0.25, 0.3) is 0 Å². The summed E-state index contributed by atoms with van der Waals surface area (Å²) >= 11 is 0. The van der Waals surface area contributed by atoms with Crippen LogP contribution in [0.4, 0.5) is 0 Å². The van der Waals surface area contributed by atoms with Crippen molar-refractivity contribution >= 4 is 0 Å². The van der Waals surface area contributed by atoms with Crippen LogP contribution < -0.4 is 4.74 Å². The Labute approximate surface area is 129 Å². The molecule has 1 aromatic rings. The molecule has 2 rings (SSSR count). The number of rotatable bonds is 5. The molecule has 1 aliphatic carbocycles. The van der Waals surface area contributed by atoms with Crippen LogP contribution >= 0.6 is 0 Å². The van der Waals surface area contributed by atoms with Gasteiger partial charge in [-0.25, -0.2) is 0 Å². The maximum absolute atomic E-state index is 9.76. The first-order valence-electron chi connectivity index (χ1n) is 8.17. The van der Waals surface area contributed by atoms with Gasteiger partial charge in [-0.2, -0.15) is 5.26 Å². The van der Waals surface area contributed by atoms with E-state index in [1.54, 1.807) is 7.11 Å². The minimum Gasteiger partial charge on any atom is -0.496 e. The van der Waals surface area contributed by atoms with Gasteiger partial charge >= 0.3 is 0 Å². The summed E-state index contributed by atoms with van der Waals surface area (Å²) in [5, 5.41) is 9.76. The third-order valence-corrected chi connectivity index (χ3v) is 4.96. The molecule has 1 aliphatic rings. The van der Waals surface area contributed by atoms with Gasteiger partial charge in [-0.1, -0.05) is 37.5 Å². The summed E-state index contributed by atoms with van der Waals surface area (Å²) in [6.07, 6.45) is 7.87. The van der Waals surface area contributed by atoms with E-state index in [4.69, 9.17) is 4.74 Å². The molecule has 0 bridgehead atoms. The van der Waals surface area contributed by atoms with Crippen LogP contribution in [0.15, 0.2) is 18.2 Å². The van der Waals surface area contributed by atoms with Gasteiger partial charge in [0, 0.05) is 0 Å². The van der Waals surface area contributed by atoms with E-state index in [0.29, 0.717) is 0 Å². The fourth-order valence-electron chi connectivity index (χ4n) is 3.67. The van der Waals surface area contributed by atoms with Gasteiger partial charge < -0.3 is 4.74 Å². The molecular weight excluding hydrogens is 258 g/mol. The quantitative estimate of drug-likeness (QED) is 0.758.